The number of ether oxygens (including phenoxy) is 1. The largest absolute Gasteiger partial charge is 0.480 e. The van der Waals surface area contributed by atoms with Crippen LogP contribution in [-0.4, -0.2) is 23.4 Å². The number of thioether (sulfide) groups is 1. The second-order valence-corrected chi connectivity index (χ2v) is 7.58. The van der Waals surface area contributed by atoms with Crippen LogP contribution in [0.2, 0.25) is 5.02 Å². The molecule has 0 aliphatic carbocycles. The van der Waals surface area contributed by atoms with E-state index in [1.54, 1.807) is 30.0 Å². The fourth-order valence-electron chi connectivity index (χ4n) is 2.73. The zero-order valence-electron chi connectivity index (χ0n) is 15.3. The minimum atomic E-state index is -1.06. The minimum Gasteiger partial charge on any atom is -0.480 e. The lowest BCUT2D eigenvalue weighted by Crippen LogP contribution is -2.09. The van der Waals surface area contributed by atoms with Crippen LogP contribution in [0.1, 0.15) is 11.1 Å². The number of rotatable bonds is 8. The van der Waals surface area contributed by atoms with Crippen molar-refractivity contribution in [1.29, 1.82) is 0 Å². The van der Waals surface area contributed by atoms with Crippen molar-refractivity contribution in [3.05, 3.63) is 101 Å². The topological polar surface area (TPSA) is 46.5 Å². The zero-order valence-corrected chi connectivity index (χ0v) is 16.9. The first-order valence-electron chi connectivity index (χ1n) is 8.81. The van der Waals surface area contributed by atoms with Gasteiger partial charge >= 0.3 is 5.97 Å². The number of halogens is 2. The number of carboxylic acids is 1. The number of carbonyl (C=O) groups is 1. The standard InChI is InChI=1S/C23H18ClFO3S/c24-21-14-19(9-10-22(21)28-15-23(26)27)29-12-11-20(16-5-2-1-3-6-16)17-7-4-8-18(25)13-17/h1-11,13-14H,12,15H2,(H,26,27). The highest BCUT2D eigenvalue weighted by Gasteiger charge is 2.08. The van der Waals surface area contributed by atoms with E-state index in [2.05, 4.69) is 6.08 Å². The molecule has 0 aliphatic rings. The first-order chi connectivity index (χ1) is 14.0. The quantitative estimate of drug-likeness (QED) is 0.436. The van der Waals surface area contributed by atoms with Crippen LogP contribution in [0.4, 0.5) is 4.39 Å². The molecule has 0 spiro atoms. The molecule has 0 aliphatic heterocycles. The molecule has 3 rings (SSSR count). The molecule has 6 heteroatoms. The van der Waals surface area contributed by atoms with Gasteiger partial charge in [-0.2, -0.15) is 0 Å². The first kappa shape index (κ1) is 21.0. The molecule has 0 amide bonds. The molecule has 3 nitrogen and oxygen atoms in total. The van der Waals surface area contributed by atoms with Gasteiger partial charge < -0.3 is 9.84 Å². The smallest absolute Gasteiger partial charge is 0.341 e. The molecule has 29 heavy (non-hydrogen) atoms. The average molecular weight is 429 g/mol. The molecule has 3 aromatic carbocycles. The Morgan fingerprint density at radius 1 is 1.03 bits per heavy atom. The highest BCUT2D eigenvalue weighted by molar-refractivity contribution is 7.99. The lowest BCUT2D eigenvalue weighted by Gasteiger charge is -2.10. The SMILES string of the molecule is O=C(O)COc1ccc(SCC=C(c2ccccc2)c2cccc(F)c2)cc1Cl. The summed E-state index contributed by atoms with van der Waals surface area (Å²) < 4.78 is 18.9. The van der Waals surface area contributed by atoms with E-state index in [9.17, 15) is 9.18 Å². The van der Waals surface area contributed by atoms with Gasteiger partial charge in [0.2, 0.25) is 0 Å². The third-order valence-corrected chi connectivity index (χ3v) is 5.23. The summed E-state index contributed by atoms with van der Waals surface area (Å²) in [6.45, 7) is -0.441. The van der Waals surface area contributed by atoms with Gasteiger partial charge in [0.05, 0.1) is 5.02 Å². The van der Waals surface area contributed by atoms with Gasteiger partial charge in [-0.1, -0.05) is 60.1 Å². The van der Waals surface area contributed by atoms with Gasteiger partial charge in [-0.05, 0) is 47.0 Å². The van der Waals surface area contributed by atoms with E-state index in [-0.39, 0.29) is 5.82 Å². The Bertz CT molecular complexity index is 1020. The van der Waals surface area contributed by atoms with E-state index in [1.807, 2.05) is 42.5 Å². The average Bonchev–Trinajstić information content (AvgIpc) is 2.71. The van der Waals surface area contributed by atoms with Gasteiger partial charge in [-0.25, -0.2) is 9.18 Å². The Morgan fingerprint density at radius 3 is 2.48 bits per heavy atom. The Morgan fingerprint density at radius 2 is 1.79 bits per heavy atom. The van der Waals surface area contributed by atoms with Gasteiger partial charge in [0.1, 0.15) is 11.6 Å². The molecule has 0 fully saturated rings. The predicted octanol–water partition coefficient (Wildman–Crippen LogP) is 6.17. The summed E-state index contributed by atoms with van der Waals surface area (Å²) in [5.41, 5.74) is 2.77. The fraction of sp³-hybridized carbons (Fsp3) is 0.0870. The maximum Gasteiger partial charge on any atom is 0.341 e. The van der Waals surface area contributed by atoms with Gasteiger partial charge in [0.25, 0.3) is 0 Å². The Kier molecular flexibility index (Phi) is 7.33. The van der Waals surface area contributed by atoms with Crippen LogP contribution in [0.3, 0.4) is 0 Å². The summed E-state index contributed by atoms with van der Waals surface area (Å²) in [4.78, 5) is 11.5. The highest BCUT2D eigenvalue weighted by atomic mass is 35.5. The Labute approximate surface area is 177 Å². The van der Waals surface area contributed by atoms with Gasteiger partial charge in [0.15, 0.2) is 6.61 Å². The van der Waals surface area contributed by atoms with Crippen LogP contribution < -0.4 is 4.74 Å². The molecular formula is C23H18ClFO3S. The predicted molar refractivity (Wildman–Crippen MR) is 115 cm³/mol. The number of aliphatic carboxylic acids is 1. The molecule has 0 heterocycles. The summed E-state index contributed by atoms with van der Waals surface area (Å²) in [5.74, 6) is -0.360. The van der Waals surface area contributed by atoms with E-state index in [0.717, 1.165) is 21.6 Å². The van der Waals surface area contributed by atoms with Crippen molar-refractivity contribution in [2.24, 2.45) is 0 Å². The van der Waals surface area contributed by atoms with Crippen LogP contribution in [-0.2, 0) is 4.79 Å². The third kappa shape index (κ3) is 6.11. The molecule has 0 saturated heterocycles. The summed E-state index contributed by atoms with van der Waals surface area (Å²) in [5, 5.41) is 9.05. The molecule has 0 atom stereocenters. The van der Waals surface area contributed by atoms with Crippen molar-refractivity contribution in [2.75, 3.05) is 12.4 Å². The number of hydrogen-bond acceptors (Lipinski definition) is 3. The van der Waals surface area contributed by atoms with E-state index >= 15 is 0 Å². The lowest BCUT2D eigenvalue weighted by atomic mass is 9.98. The molecule has 0 bridgehead atoms. The first-order valence-corrected chi connectivity index (χ1v) is 10.2. The molecular weight excluding hydrogens is 411 g/mol. The zero-order chi connectivity index (χ0) is 20.6. The van der Waals surface area contributed by atoms with Crippen LogP contribution in [0.15, 0.2) is 83.8 Å². The van der Waals surface area contributed by atoms with Crippen molar-refractivity contribution in [2.45, 2.75) is 4.90 Å². The van der Waals surface area contributed by atoms with Crippen molar-refractivity contribution in [3.8, 4) is 5.75 Å². The number of carboxylic acid groups (broad SMARTS) is 1. The van der Waals surface area contributed by atoms with E-state index in [4.69, 9.17) is 21.4 Å². The second kappa shape index (κ2) is 10.1. The van der Waals surface area contributed by atoms with Gasteiger partial charge in [-0.3, -0.25) is 0 Å². The van der Waals surface area contributed by atoms with E-state index < -0.39 is 12.6 Å². The minimum absolute atomic E-state index is 0.277. The van der Waals surface area contributed by atoms with Crippen molar-refractivity contribution in [3.63, 3.8) is 0 Å². The van der Waals surface area contributed by atoms with Crippen LogP contribution >= 0.6 is 23.4 Å². The molecule has 0 radical (unpaired) electrons. The maximum absolute atomic E-state index is 13.7. The van der Waals surface area contributed by atoms with E-state index in [0.29, 0.717) is 16.5 Å². The van der Waals surface area contributed by atoms with Gasteiger partial charge in [0, 0.05) is 10.6 Å². The van der Waals surface area contributed by atoms with E-state index in [1.165, 1.54) is 12.1 Å². The molecule has 1 N–H and O–H groups in total. The normalized spacial score (nSPS) is 11.3. The number of hydrogen-bond donors (Lipinski definition) is 1. The van der Waals surface area contributed by atoms with Crippen LogP contribution in [0.25, 0.3) is 5.57 Å². The molecule has 148 valence electrons. The molecule has 0 saturated carbocycles. The second-order valence-electron chi connectivity index (χ2n) is 6.08. The maximum atomic E-state index is 13.7. The third-order valence-electron chi connectivity index (χ3n) is 4.01. The van der Waals surface area contributed by atoms with Crippen LogP contribution in [0.5, 0.6) is 5.75 Å². The molecule has 0 aromatic heterocycles. The molecule has 3 aromatic rings. The Hall–Kier alpha value is -2.76. The van der Waals surface area contributed by atoms with Crippen molar-refractivity contribution >= 4 is 34.9 Å². The fourth-order valence-corrected chi connectivity index (χ4v) is 3.83. The highest BCUT2D eigenvalue weighted by Crippen LogP contribution is 2.31. The van der Waals surface area contributed by atoms with Gasteiger partial charge in [-0.15, -0.1) is 11.8 Å². The lowest BCUT2D eigenvalue weighted by molar-refractivity contribution is -0.139. The van der Waals surface area contributed by atoms with Crippen LogP contribution in [0, 0.1) is 5.82 Å². The summed E-state index contributed by atoms with van der Waals surface area (Å²) in [7, 11) is 0. The van der Waals surface area contributed by atoms with Crippen molar-refractivity contribution < 1.29 is 19.0 Å². The monoisotopic (exact) mass is 428 g/mol. The summed E-state index contributed by atoms with van der Waals surface area (Å²) in [6, 6.07) is 21.6. The summed E-state index contributed by atoms with van der Waals surface area (Å²) >= 11 is 7.74. The number of benzene rings is 3. The molecule has 0 unspecified atom stereocenters. The summed E-state index contributed by atoms with van der Waals surface area (Å²) in [6.07, 6.45) is 2.05. The Balaban J connectivity index is 1.76. The van der Waals surface area contributed by atoms with Crippen molar-refractivity contribution in [1.82, 2.24) is 0 Å².